The van der Waals surface area contributed by atoms with E-state index in [9.17, 15) is 18.0 Å². The van der Waals surface area contributed by atoms with E-state index in [2.05, 4.69) is 24.6 Å². The van der Waals surface area contributed by atoms with Crippen molar-refractivity contribution in [2.24, 2.45) is 0 Å². The maximum absolute atomic E-state index is 13.4. The van der Waals surface area contributed by atoms with Crippen molar-refractivity contribution in [3.05, 3.63) is 47.7 Å². The molecule has 2 aliphatic rings. The fourth-order valence-electron chi connectivity index (χ4n) is 4.90. The molecule has 9 nitrogen and oxygen atoms in total. The number of anilines is 2. The van der Waals surface area contributed by atoms with Crippen molar-refractivity contribution < 1.29 is 27.4 Å². The molecule has 5 heterocycles. The largest absolute Gasteiger partial charge is 0.452 e. The van der Waals surface area contributed by atoms with Crippen molar-refractivity contribution in [2.75, 3.05) is 11.9 Å². The number of nitrogens with one attached hydrogen (secondary N) is 1. The minimum absolute atomic E-state index is 0.0734. The van der Waals surface area contributed by atoms with Crippen LogP contribution < -0.4 is 10.1 Å². The lowest BCUT2D eigenvalue weighted by atomic mass is 9.90. The summed E-state index contributed by atoms with van der Waals surface area (Å²) in [4.78, 5) is 26.9. The van der Waals surface area contributed by atoms with Crippen molar-refractivity contribution in [2.45, 2.75) is 63.7 Å². The molecule has 196 valence electrons. The summed E-state index contributed by atoms with van der Waals surface area (Å²) in [5, 5.41) is 3.35. The van der Waals surface area contributed by atoms with Gasteiger partial charge in [0.15, 0.2) is 11.6 Å². The van der Waals surface area contributed by atoms with E-state index < -0.39 is 11.7 Å². The SMILES string of the molecule is CCOC(=O)N1C2CCC1CC(c1nsc(Nc3ncc(C(F)(F)F)cc3Oc3cccnc3C)n1)C2. The van der Waals surface area contributed by atoms with E-state index >= 15 is 0 Å². The number of piperidine rings is 1. The molecule has 2 aliphatic heterocycles. The molecule has 37 heavy (non-hydrogen) atoms. The smallest absolute Gasteiger partial charge is 0.418 e. The summed E-state index contributed by atoms with van der Waals surface area (Å²) < 4.78 is 55.6. The first-order valence-electron chi connectivity index (χ1n) is 11.9. The van der Waals surface area contributed by atoms with Crippen LogP contribution in [0.15, 0.2) is 30.6 Å². The molecule has 2 bridgehead atoms. The molecule has 13 heteroatoms. The Labute approximate surface area is 215 Å². The van der Waals surface area contributed by atoms with Crippen molar-refractivity contribution in [1.29, 1.82) is 0 Å². The van der Waals surface area contributed by atoms with Crippen LogP contribution in [0.1, 0.15) is 55.6 Å². The molecule has 5 rings (SSSR count). The number of nitrogens with zero attached hydrogens (tertiary/aromatic N) is 5. The molecule has 0 radical (unpaired) electrons. The molecule has 3 aromatic heterocycles. The molecule has 1 N–H and O–H groups in total. The number of aryl methyl sites for hydroxylation is 1. The zero-order valence-electron chi connectivity index (χ0n) is 20.2. The Morgan fingerprint density at radius 2 is 1.97 bits per heavy atom. The predicted molar refractivity (Wildman–Crippen MR) is 129 cm³/mol. The first-order valence-corrected chi connectivity index (χ1v) is 12.7. The fourth-order valence-corrected chi connectivity index (χ4v) is 5.55. The second kappa shape index (κ2) is 10.1. The lowest BCUT2D eigenvalue weighted by molar-refractivity contribution is -0.137. The van der Waals surface area contributed by atoms with Gasteiger partial charge in [-0.1, -0.05) is 0 Å². The van der Waals surface area contributed by atoms with Crippen LogP contribution >= 0.6 is 11.5 Å². The normalized spacial score (nSPS) is 21.1. The molecule has 2 atom stereocenters. The van der Waals surface area contributed by atoms with Gasteiger partial charge in [0.2, 0.25) is 5.13 Å². The molecule has 2 fully saturated rings. The summed E-state index contributed by atoms with van der Waals surface area (Å²) in [6.45, 7) is 3.83. The van der Waals surface area contributed by atoms with Gasteiger partial charge in [0, 0.05) is 41.9 Å². The molecule has 0 spiro atoms. The van der Waals surface area contributed by atoms with Crippen molar-refractivity contribution in [3.63, 3.8) is 0 Å². The van der Waals surface area contributed by atoms with Gasteiger partial charge in [-0.05, 0) is 57.7 Å². The lowest BCUT2D eigenvalue weighted by Crippen LogP contribution is -2.46. The summed E-state index contributed by atoms with van der Waals surface area (Å²) in [5.74, 6) is 1.00. The van der Waals surface area contributed by atoms with Crippen LogP contribution in [-0.4, -0.2) is 49.0 Å². The first kappa shape index (κ1) is 25.2. The molecule has 0 aromatic carbocycles. The molecule has 3 aromatic rings. The van der Waals surface area contributed by atoms with Crippen LogP contribution in [0.4, 0.5) is 28.9 Å². The zero-order valence-corrected chi connectivity index (χ0v) is 21.0. The average Bonchev–Trinajstić information content (AvgIpc) is 3.43. The second-order valence-corrected chi connectivity index (χ2v) is 9.75. The number of carbonyl (C=O) groups excluding carboxylic acids is 1. The van der Waals surface area contributed by atoms with E-state index in [0.717, 1.165) is 49.5 Å². The topological polar surface area (TPSA) is 102 Å². The van der Waals surface area contributed by atoms with Crippen LogP contribution in [-0.2, 0) is 10.9 Å². The van der Waals surface area contributed by atoms with E-state index in [0.29, 0.717) is 29.0 Å². The number of amides is 1. The summed E-state index contributed by atoms with van der Waals surface area (Å²) in [7, 11) is 0. The highest BCUT2D eigenvalue weighted by molar-refractivity contribution is 7.09. The van der Waals surface area contributed by atoms with E-state index in [4.69, 9.17) is 9.47 Å². The van der Waals surface area contributed by atoms with E-state index in [1.54, 1.807) is 32.2 Å². The quantitative estimate of drug-likeness (QED) is 0.407. The third-order valence-electron chi connectivity index (χ3n) is 6.60. The van der Waals surface area contributed by atoms with E-state index in [-0.39, 0.29) is 35.7 Å². The Hall–Kier alpha value is -3.48. The highest BCUT2D eigenvalue weighted by atomic mass is 32.1. The van der Waals surface area contributed by atoms with Gasteiger partial charge in [-0.2, -0.15) is 17.5 Å². The summed E-state index contributed by atoms with van der Waals surface area (Å²) >= 11 is 1.10. The minimum atomic E-state index is -4.58. The number of ether oxygens (including phenoxy) is 2. The van der Waals surface area contributed by atoms with Gasteiger partial charge in [-0.25, -0.2) is 14.8 Å². The van der Waals surface area contributed by atoms with Gasteiger partial charge in [-0.3, -0.25) is 4.98 Å². The monoisotopic (exact) mass is 534 g/mol. The van der Waals surface area contributed by atoms with Gasteiger partial charge in [0.1, 0.15) is 11.6 Å². The molecule has 2 unspecified atom stereocenters. The Morgan fingerprint density at radius 1 is 1.22 bits per heavy atom. The van der Waals surface area contributed by atoms with Crippen LogP contribution in [0.2, 0.25) is 0 Å². The number of alkyl halides is 3. The number of hydrogen-bond acceptors (Lipinski definition) is 9. The van der Waals surface area contributed by atoms with E-state index in [1.165, 1.54) is 0 Å². The summed E-state index contributed by atoms with van der Waals surface area (Å²) in [6.07, 6.45) is 0.761. The number of fused-ring (bicyclic) bond motifs is 2. The average molecular weight is 535 g/mol. The number of halogens is 3. The Morgan fingerprint density at radius 3 is 2.65 bits per heavy atom. The standard InChI is InChI=1S/C24H25F3N6O3S/c1-3-35-23(34)33-16-6-7-17(33)10-14(9-16)20-30-22(37-32-20)31-21-19(11-15(12-29-21)24(25,26)27)36-18-5-4-8-28-13(18)2/h4-5,8,11-12,14,16-17H,3,6-7,9-10H2,1-2H3,(H,29,30,31,32). The van der Waals surface area contributed by atoms with Crippen LogP contribution in [0.3, 0.4) is 0 Å². The zero-order chi connectivity index (χ0) is 26.2. The molecular weight excluding hydrogens is 509 g/mol. The second-order valence-electron chi connectivity index (χ2n) is 9.00. The van der Waals surface area contributed by atoms with Gasteiger partial charge < -0.3 is 19.7 Å². The van der Waals surface area contributed by atoms with Crippen LogP contribution in [0.5, 0.6) is 11.5 Å². The molecule has 2 saturated heterocycles. The third-order valence-corrected chi connectivity index (χ3v) is 7.25. The summed E-state index contributed by atoms with van der Waals surface area (Å²) in [6, 6.07) is 4.32. The first-order chi connectivity index (χ1) is 17.7. The fraction of sp³-hybridized carbons (Fsp3) is 0.458. The van der Waals surface area contributed by atoms with E-state index in [1.807, 2.05) is 4.90 Å². The third kappa shape index (κ3) is 5.31. The maximum Gasteiger partial charge on any atom is 0.418 e. The van der Waals surface area contributed by atoms with Gasteiger partial charge in [-0.15, -0.1) is 0 Å². The van der Waals surface area contributed by atoms with Crippen LogP contribution in [0.25, 0.3) is 0 Å². The Balaban J connectivity index is 1.35. The maximum atomic E-state index is 13.4. The summed E-state index contributed by atoms with van der Waals surface area (Å²) in [5.41, 5.74) is -0.413. The molecular formula is C24H25F3N6O3S. The van der Waals surface area contributed by atoms with Crippen molar-refractivity contribution in [3.8, 4) is 11.5 Å². The molecule has 0 aliphatic carbocycles. The highest BCUT2D eigenvalue weighted by Gasteiger charge is 2.45. The van der Waals surface area contributed by atoms with Gasteiger partial charge >= 0.3 is 12.3 Å². The van der Waals surface area contributed by atoms with Crippen molar-refractivity contribution >= 4 is 28.6 Å². The highest BCUT2D eigenvalue weighted by Crippen LogP contribution is 2.43. The molecule has 0 saturated carbocycles. The number of pyridine rings is 2. The lowest BCUT2D eigenvalue weighted by Gasteiger charge is -2.37. The predicted octanol–water partition coefficient (Wildman–Crippen LogP) is 6.06. The molecule has 1 amide bonds. The number of rotatable bonds is 6. The Bertz CT molecular complexity index is 1270. The van der Waals surface area contributed by atoms with Gasteiger partial charge in [0.05, 0.1) is 17.9 Å². The number of hydrogen-bond donors (Lipinski definition) is 1. The number of aromatic nitrogens is 4. The van der Waals surface area contributed by atoms with Crippen LogP contribution in [0, 0.1) is 6.92 Å². The van der Waals surface area contributed by atoms with Gasteiger partial charge in [0.25, 0.3) is 0 Å². The van der Waals surface area contributed by atoms with Crippen molar-refractivity contribution in [1.82, 2.24) is 24.2 Å². The minimum Gasteiger partial charge on any atom is -0.452 e. The number of carbonyl (C=O) groups is 1. The Kier molecular flexibility index (Phi) is 6.88.